The van der Waals surface area contributed by atoms with Crippen LogP contribution < -0.4 is 10.2 Å². The highest BCUT2D eigenvalue weighted by Gasteiger charge is 2.43. The first kappa shape index (κ1) is 19.6. The second kappa shape index (κ2) is 8.06. The highest BCUT2D eigenvalue weighted by molar-refractivity contribution is 5.97. The van der Waals surface area contributed by atoms with Gasteiger partial charge in [0.25, 0.3) is 0 Å². The Bertz CT molecular complexity index is 1090. The number of halogens is 1. The van der Waals surface area contributed by atoms with Crippen molar-refractivity contribution >= 4 is 17.4 Å². The summed E-state index contributed by atoms with van der Waals surface area (Å²) in [5.74, 6) is 2.01. The molecule has 0 radical (unpaired) electrons. The maximum absolute atomic E-state index is 13.3. The molecule has 3 aromatic rings. The van der Waals surface area contributed by atoms with Crippen LogP contribution >= 0.6 is 0 Å². The van der Waals surface area contributed by atoms with E-state index in [1.165, 1.54) is 12.8 Å². The van der Waals surface area contributed by atoms with Gasteiger partial charge in [0.1, 0.15) is 11.9 Å². The lowest BCUT2D eigenvalue weighted by Crippen LogP contribution is -2.55. The van der Waals surface area contributed by atoms with Gasteiger partial charge in [0.15, 0.2) is 11.6 Å². The Morgan fingerprint density at radius 1 is 1.10 bits per heavy atom. The van der Waals surface area contributed by atoms with Crippen molar-refractivity contribution in [2.75, 3.05) is 16.8 Å². The number of amides is 1. The molecule has 1 N–H and O–H groups in total. The van der Waals surface area contributed by atoms with Gasteiger partial charge >= 0.3 is 0 Å². The van der Waals surface area contributed by atoms with Crippen LogP contribution in [0.2, 0.25) is 0 Å². The Morgan fingerprint density at radius 3 is 2.61 bits per heavy atom. The monoisotopic (exact) mass is 417 g/mol. The third kappa shape index (κ3) is 3.87. The number of hydrogen-bond acceptors (Lipinski definition) is 5. The number of rotatable bonds is 4. The molecule has 1 aromatic carbocycles. The topological polar surface area (TPSA) is 71.0 Å². The molecule has 31 heavy (non-hydrogen) atoms. The third-order valence-electron chi connectivity index (χ3n) is 6.52. The van der Waals surface area contributed by atoms with Gasteiger partial charge in [-0.2, -0.15) is 0 Å². The fraction of sp³-hybridized carbons (Fsp3) is 0.333. The highest BCUT2D eigenvalue weighted by Crippen LogP contribution is 2.43. The number of carbonyl (C=O) groups is 1. The quantitative estimate of drug-likeness (QED) is 0.688. The SMILES string of the molecule is Cc1ccc(NC(=O)[C@H]2CC3CCC3CN2c2ccccn2)cc1-c1ncc(F)cn1. The summed E-state index contributed by atoms with van der Waals surface area (Å²) in [7, 11) is 0. The zero-order valence-electron chi connectivity index (χ0n) is 17.3. The number of hydrogen-bond donors (Lipinski definition) is 1. The van der Waals surface area contributed by atoms with E-state index in [1.807, 2.05) is 43.3 Å². The Balaban J connectivity index is 1.39. The Hall–Kier alpha value is -3.35. The standard InChI is InChI=1S/C24H24FN5O/c1-15-5-8-19(11-20(15)23-27-12-18(25)13-28-23)29-24(31)21-10-16-6-7-17(16)14-30(21)22-4-2-3-9-26-22/h2-5,8-9,11-13,16-17,21H,6-7,10,14H2,1H3,(H,29,31)/t16?,17?,21-/m1/s1. The van der Waals surface area contributed by atoms with Gasteiger partial charge in [-0.1, -0.05) is 12.1 Å². The fourth-order valence-electron chi connectivity index (χ4n) is 4.63. The number of pyridine rings is 1. The molecule has 3 atom stereocenters. The van der Waals surface area contributed by atoms with Crippen molar-refractivity contribution in [3.8, 4) is 11.4 Å². The summed E-state index contributed by atoms with van der Waals surface area (Å²) in [6.07, 6.45) is 7.32. The number of carbonyl (C=O) groups excluding carboxylic acids is 1. The van der Waals surface area contributed by atoms with Crippen molar-refractivity contribution in [3.63, 3.8) is 0 Å². The molecule has 0 spiro atoms. The van der Waals surface area contributed by atoms with Crippen LogP contribution in [0.4, 0.5) is 15.9 Å². The first-order chi connectivity index (χ1) is 15.1. The van der Waals surface area contributed by atoms with E-state index < -0.39 is 5.82 Å². The Labute approximate surface area is 180 Å². The number of nitrogens with one attached hydrogen (secondary N) is 1. The van der Waals surface area contributed by atoms with E-state index in [9.17, 15) is 9.18 Å². The average Bonchev–Trinajstić information content (AvgIpc) is 2.77. The molecule has 2 aliphatic rings. The van der Waals surface area contributed by atoms with Crippen LogP contribution in [0, 0.1) is 24.6 Å². The van der Waals surface area contributed by atoms with E-state index in [0.717, 1.165) is 42.3 Å². The van der Waals surface area contributed by atoms with Crippen LogP contribution in [0.25, 0.3) is 11.4 Å². The summed E-state index contributed by atoms with van der Waals surface area (Å²) >= 11 is 0. The van der Waals surface area contributed by atoms with E-state index in [4.69, 9.17) is 0 Å². The van der Waals surface area contributed by atoms with Gasteiger partial charge in [-0.05, 0) is 67.9 Å². The van der Waals surface area contributed by atoms with Gasteiger partial charge in [0.05, 0.1) is 12.4 Å². The van der Waals surface area contributed by atoms with Gasteiger partial charge in [-0.25, -0.2) is 19.3 Å². The van der Waals surface area contributed by atoms with E-state index in [-0.39, 0.29) is 11.9 Å². The van der Waals surface area contributed by atoms with Crippen molar-refractivity contribution in [2.45, 2.75) is 32.2 Å². The number of nitrogens with zero attached hydrogens (tertiary/aromatic N) is 4. The zero-order chi connectivity index (χ0) is 21.4. The molecule has 1 aliphatic carbocycles. The predicted molar refractivity (Wildman–Crippen MR) is 117 cm³/mol. The lowest BCUT2D eigenvalue weighted by atomic mass is 9.67. The van der Waals surface area contributed by atoms with Crippen LogP contribution in [0.1, 0.15) is 24.8 Å². The lowest BCUT2D eigenvalue weighted by Gasteiger charge is -2.49. The smallest absolute Gasteiger partial charge is 0.247 e. The van der Waals surface area contributed by atoms with Crippen molar-refractivity contribution < 1.29 is 9.18 Å². The third-order valence-corrected chi connectivity index (χ3v) is 6.52. The van der Waals surface area contributed by atoms with E-state index in [0.29, 0.717) is 23.3 Å². The van der Waals surface area contributed by atoms with Gasteiger partial charge in [0.2, 0.25) is 5.91 Å². The van der Waals surface area contributed by atoms with Crippen molar-refractivity contribution in [3.05, 3.63) is 66.4 Å². The van der Waals surface area contributed by atoms with Crippen LogP contribution in [-0.4, -0.2) is 33.4 Å². The molecule has 1 aliphatic heterocycles. The fourth-order valence-corrected chi connectivity index (χ4v) is 4.63. The van der Waals surface area contributed by atoms with Crippen molar-refractivity contribution in [1.82, 2.24) is 15.0 Å². The van der Waals surface area contributed by atoms with Crippen LogP contribution in [-0.2, 0) is 4.79 Å². The number of aryl methyl sites for hydroxylation is 1. The normalized spacial score (nSPS) is 22.4. The van der Waals surface area contributed by atoms with Gasteiger partial charge in [0, 0.05) is 24.0 Å². The second-order valence-corrected chi connectivity index (χ2v) is 8.43. The largest absolute Gasteiger partial charge is 0.344 e. The Morgan fingerprint density at radius 2 is 1.90 bits per heavy atom. The molecule has 5 rings (SSSR count). The van der Waals surface area contributed by atoms with Crippen LogP contribution in [0.15, 0.2) is 55.0 Å². The molecular formula is C24H24FN5O. The molecule has 2 aromatic heterocycles. The maximum atomic E-state index is 13.3. The van der Waals surface area contributed by atoms with Gasteiger partial charge in [-0.15, -0.1) is 0 Å². The number of anilines is 2. The average molecular weight is 417 g/mol. The van der Waals surface area contributed by atoms with E-state index in [1.54, 1.807) is 6.20 Å². The van der Waals surface area contributed by atoms with Crippen molar-refractivity contribution in [2.24, 2.45) is 11.8 Å². The van der Waals surface area contributed by atoms with Gasteiger partial charge < -0.3 is 10.2 Å². The predicted octanol–water partition coefficient (Wildman–Crippen LogP) is 4.23. The summed E-state index contributed by atoms with van der Waals surface area (Å²) < 4.78 is 13.2. The molecule has 7 heteroatoms. The summed E-state index contributed by atoms with van der Waals surface area (Å²) in [5.41, 5.74) is 2.40. The Kier molecular flexibility index (Phi) is 5.10. The molecule has 2 unspecified atom stereocenters. The number of fused-ring (bicyclic) bond motifs is 1. The van der Waals surface area contributed by atoms with Crippen LogP contribution in [0.5, 0.6) is 0 Å². The van der Waals surface area contributed by atoms with E-state index >= 15 is 0 Å². The molecule has 158 valence electrons. The minimum Gasteiger partial charge on any atom is -0.344 e. The summed E-state index contributed by atoms with van der Waals surface area (Å²) in [6, 6.07) is 11.2. The number of benzene rings is 1. The molecule has 2 fully saturated rings. The molecule has 3 heterocycles. The maximum Gasteiger partial charge on any atom is 0.247 e. The van der Waals surface area contributed by atoms with E-state index in [2.05, 4.69) is 25.2 Å². The highest BCUT2D eigenvalue weighted by atomic mass is 19.1. The van der Waals surface area contributed by atoms with Crippen molar-refractivity contribution in [1.29, 1.82) is 0 Å². The first-order valence-electron chi connectivity index (χ1n) is 10.7. The molecule has 1 saturated heterocycles. The summed E-state index contributed by atoms with van der Waals surface area (Å²) in [4.78, 5) is 28.2. The molecule has 1 amide bonds. The first-order valence-corrected chi connectivity index (χ1v) is 10.7. The second-order valence-electron chi connectivity index (χ2n) is 8.43. The zero-order valence-corrected chi connectivity index (χ0v) is 17.3. The van der Waals surface area contributed by atoms with Crippen LogP contribution in [0.3, 0.4) is 0 Å². The minimum atomic E-state index is -0.480. The molecule has 6 nitrogen and oxygen atoms in total. The minimum absolute atomic E-state index is 0.0363. The molecular weight excluding hydrogens is 393 g/mol. The number of aromatic nitrogens is 3. The molecule has 1 saturated carbocycles. The molecule has 0 bridgehead atoms. The number of piperidine rings is 1. The lowest BCUT2D eigenvalue weighted by molar-refractivity contribution is -0.119. The van der Waals surface area contributed by atoms with Gasteiger partial charge in [-0.3, -0.25) is 4.79 Å². The summed E-state index contributed by atoms with van der Waals surface area (Å²) in [6.45, 7) is 2.80. The summed E-state index contributed by atoms with van der Waals surface area (Å²) in [5, 5.41) is 3.08.